The molecule has 0 bridgehead atoms. The van der Waals surface area contributed by atoms with Crippen molar-refractivity contribution in [2.75, 3.05) is 23.5 Å². The van der Waals surface area contributed by atoms with Gasteiger partial charge in [0.05, 0.1) is 24.3 Å². The van der Waals surface area contributed by atoms with Crippen LogP contribution in [0.5, 0.6) is 5.75 Å². The number of benzene rings is 2. The van der Waals surface area contributed by atoms with E-state index < -0.39 is 0 Å². The lowest BCUT2D eigenvalue weighted by atomic mass is 10.2. The van der Waals surface area contributed by atoms with E-state index in [0.29, 0.717) is 40.2 Å². The van der Waals surface area contributed by atoms with Crippen LogP contribution in [0.25, 0.3) is 0 Å². The number of nitrogens with zero attached hydrogens (tertiary/aromatic N) is 2. The molecule has 2 amide bonds. The summed E-state index contributed by atoms with van der Waals surface area (Å²) >= 11 is 1.39. The van der Waals surface area contributed by atoms with E-state index in [0.717, 1.165) is 0 Å². The quantitative estimate of drug-likeness (QED) is 0.583. The van der Waals surface area contributed by atoms with Crippen LogP contribution < -0.4 is 15.4 Å². The molecule has 3 rings (SSSR count). The third kappa shape index (κ3) is 5.82. The summed E-state index contributed by atoms with van der Waals surface area (Å²) in [7, 11) is 1.55. The van der Waals surface area contributed by atoms with E-state index in [2.05, 4.69) is 20.8 Å². The Hall–Kier alpha value is -3.33. The minimum atomic E-state index is -0.265. The van der Waals surface area contributed by atoms with Crippen molar-refractivity contribution in [3.8, 4) is 5.75 Å². The molecule has 0 saturated carbocycles. The second-order valence-corrected chi connectivity index (χ2v) is 6.99. The summed E-state index contributed by atoms with van der Waals surface area (Å²) < 4.78 is 10.1. The highest BCUT2D eigenvalue weighted by molar-refractivity contribution is 7.99. The highest BCUT2D eigenvalue weighted by Crippen LogP contribution is 2.24. The molecular weight excluding hydrogens is 392 g/mol. The molecule has 0 aliphatic heterocycles. The summed E-state index contributed by atoms with van der Waals surface area (Å²) in [4.78, 5) is 28.5. The number of rotatable bonds is 8. The van der Waals surface area contributed by atoms with Crippen LogP contribution in [0.2, 0.25) is 0 Å². The van der Waals surface area contributed by atoms with Gasteiger partial charge in [-0.15, -0.1) is 11.8 Å². The number of carbonyl (C=O) groups is 2. The van der Waals surface area contributed by atoms with Crippen LogP contribution in [0, 0.1) is 6.92 Å². The first-order valence-electron chi connectivity index (χ1n) is 8.76. The van der Waals surface area contributed by atoms with Crippen molar-refractivity contribution in [3.63, 3.8) is 0 Å². The first-order chi connectivity index (χ1) is 14.0. The number of aromatic nitrogens is 2. The first-order valence-corrected chi connectivity index (χ1v) is 9.92. The number of methoxy groups -OCH3 is 1. The Morgan fingerprint density at radius 3 is 2.55 bits per heavy atom. The fourth-order valence-corrected chi connectivity index (χ4v) is 3.14. The normalized spacial score (nSPS) is 10.4. The van der Waals surface area contributed by atoms with Crippen LogP contribution in [-0.4, -0.2) is 34.8 Å². The number of thioether (sulfide) groups is 1. The van der Waals surface area contributed by atoms with Crippen LogP contribution in [0.15, 0.2) is 53.1 Å². The number of amides is 2. The van der Waals surface area contributed by atoms with Crippen molar-refractivity contribution in [3.05, 3.63) is 65.8 Å². The second kappa shape index (κ2) is 9.74. The summed E-state index contributed by atoms with van der Waals surface area (Å²) in [6.07, 6.45) is 0. The number of hydrogen-bond donors (Lipinski definition) is 2. The van der Waals surface area contributed by atoms with Crippen molar-refractivity contribution in [2.24, 2.45) is 0 Å². The molecule has 1 aromatic heterocycles. The lowest BCUT2D eigenvalue weighted by Crippen LogP contribution is -2.15. The molecule has 0 fully saturated rings. The number of para-hydroxylation sites is 2. The van der Waals surface area contributed by atoms with Crippen molar-refractivity contribution in [1.29, 1.82) is 0 Å². The van der Waals surface area contributed by atoms with E-state index in [9.17, 15) is 9.59 Å². The maximum absolute atomic E-state index is 12.4. The predicted molar refractivity (Wildman–Crippen MR) is 111 cm³/mol. The van der Waals surface area contributed by atoms with Gasteiger partial charge in [0, 0.05) is 18.2 Å². The van der Waals surface area contributed by atoms with Gasteiger partial charge in [0.1, 0.15) is 5.75 Å². The van der Waals surface area contributed by atoms with Gasteiger partial charge >= 0.3 is 0 Å². The third-order valence-electron chi connectivity index (χ3n) is 3.82. The van der Waals surface area contributed by atoms with Crippen LogP contribution in [0.4, 0.5) is 11.4 Å². The third-order valence-corrected chi connectivity index (χ3v) is 4.75. The van der Waals surface area contributed by atoms with Gasteiger partial charge in [-0.2, -0.15) is 4.98 Å². The largest absolute Gasteiger partial charge is 0.495 e. The van der Waals surface area contributed by atoms with Crippen molar-refractivity contribution >= 4 is 35.0 Å². The van der Waals surface area contributed by atoms with E-state index in [-0.39, 0.29) is 17.6 Å². The lowest BCUT2D eigenvalue weighted by molar-refractivity contribution is -0.113. The maximum Gasteiger partial charge on any atom is 0.255 e. The zero-order valence-electron chi connectivity index (χ0n) is 16.0. The molecule has 2 aromatic carbocycles. The Bertz CT molecular complexity index is 988. The van der Waals surface area contributed by atoms with E-state index in [1.54, 1.807) is 50.4 Å². The van der Waals surface area contributed by atoms with E-state index >= 15 is 0 Å². The van der Waals surface area contributed by atoms with Crippen molar-refractivity contribution in [1.82, 2.24) is 10.1 Å². The SMILES string of the molecule is COc1ccccc1NC(=O)c1ccc(NC(=O)CSCc2noc(C)n2)cc1. The average molecular weight is 412 g/mol. The van der Waals surface area contributed by atoms with Gasteiger partial charge in [-0.25, -0.2) is 0 Å². The van der Waals surface area contributed by atoms with E-state index in [4.69, 9.17) is 9.26 Å². The number of nitrogens with one attached hydrogen (secondary N) is 2. The van der Waals surface area contributed by atoms with E-state index in [1.807, 2.05) is 12.1 Å². The number of hydrogen-bond acceptors (Lipinski definition) is 7. The molecule has 150 valence electrons. The molecule has 0 saturated heterocycles. The smallest absolute Gasteiger partial charge is 0.255 e. The Morgan fingerprint density at radius 1 is 1.10 bits per heavy atom. The molecule has 3 aromatic rings. The van der Waals surface area contributed by atoms with Crippen LogP contribution in [0.1, 0.15) is 22.1 Å². The Morgan fingerprint density at radius 2 is 1.86 bits per heavy atom. The van der Waals surface area contributed by atoms with Crippen LogP contribution in [-0.2, 0) is 10.5 Å². The predicted octanol–water partition coefficient (Wildman–Crippen LogP) is 3.51. The summed E-state index contributed by atoms with van der Waals surface area (Å²) in [6.45, 7) is 1.72. The van der Waals surface area contributed by atoms with Crippen LogP contribution in [0.3, 0.4) is 0 Å². The van der Waals surface area contributed by atoms with Crippen LogP contribution >= 0.6 is 11.8 Å². The summed E-state index contributed by atoms with van der Waals surface area (Å²) in [6, 6.07) is 13.8. The monoisotopic (exact) mass is 412 g/mol. The second-order valence-electron chi connectivity index (χ2n) is 6.00. The molecule has 1 heterocycles. The summed E-state index contributed by atoms with van der Waals surface area (Å²) in [5.41, 5.74) is 1.67. The fraction of sp³-hybridized carbons (Fsp3) is 0.200. The Labute approximate surface area is 172 Å². The molecule has 0 atom stereocenters. The van der Waals surface area contributed by atoms with Crippen molar-refractivity contribution in [2.45, 2.75) is 12.7 Å². The van der Waals surface area contributed by atoms with E-state index in [1.165, 1.54) is 11.8 Å². The Kier molecular flexibility index (Phi) is 6.85. The standard InChI is InChI=1S/C20H20N4O4S/c1-13-21-18(24-28-13)11-29-12-19(25)22-15-9-7-14(8-10-15)20(26)23-16-5-3-4-6-17(16)27-2/h3-10H,11-12H2,1-2H3,(H,22,25)(H,23,26). The van der Waals surface area contributed by atoms with Gasteiger partial charge in [-0.1, -0.05) is 17.3 Å². The fourth-order valence-electron chi connectivity index (χ4n) is 2.48. The van der Waals surface area contributed by atoms with Gasteiger partial charge in [0.2, 0.25) is 11.8 Å². The zero-order chi connectivity index (χ0) is 20.6. The number of ether oxygens (including phenoxy) is 1. The molecule has 2 N–H and O–H groups in total. The number of aryl methyl sites for hydroxylation is 1. The zero-order valence-corrected chi connectivity index (χ0v) is 16.8. The van der Waals surface area contributed by atoms with Gasteiger partial charge in [-0.05, 0) is 36.4 Å². The molecule has 0 radical (unpaired) electrons. The van der Waals surface area contributed by atoms with Crippen molar-refractivity contribution < 1.29 is 18.8 Å². The lowest BCUT2D eigenvalue weighted by Gasteiger charge is -2.10. The molecule has 0 aliphatic carbocycles. The minimum absolute atomic E-state index is 0.151. The molecule has 0 unspecified atom stereocenters. The molecule has 0 spiro atoms. The van der Waals surface area contributed by atoms with Gasteiger partial charge in [0.25, 0.3) is 5.91 Å². The molecule has 9 heteroatoms. The maximum atomic E-state index is 12.4. The van der Waals surface area contributed by atoms with Gasteiger partial charge in [-0.3, -0.25) is 9.59 Å². The van der Waals surface area contributed by atoms with Gasteiger partial charge in [0.15, 0.2) is 5.82 Å². The summed E-state index contributed by atoms with van der Waals surface area (Å²) in [5, 5.41) is 9.38. The minimum Gasteiger partial charge on any atom is -0.495 e. The highest BCUT2D eigenvalue weighted by Gasteiger charge is 2.10. The van der Waals surface area contributed by atoms with Gasteiger partial charge < -0.3 is 19.9 Å². The highest BCUT2D eigenvalue weighted by atomic mass is 32.2. The Balaban J connectivity index is 1.50. The molecular formula is C20H20N4O4S. The first kappa shape index (κ1) is 20.4. The topological polar surface area (TPSA) is 106 Å². The average Bonchev–Trinajstić information content (AvgIpc) is 3.14. The number of carbonyl (C=O) groups excluding carboxylic acids is 2. The number of anilines is 2. The summed E-state index contributed by atoms with van der Waals surface area (Å²) in [5.74, 6) is 1.97. The molecule has 0 aliphatic rings. The molecule has 8 nitrogen and oxygen atoms in total. The molecule has 29 heavy (non-hydrogen) atoms.